The number of hydrogen-bond acceptors (Lipinski definition) is 5. The van der Waals surface area contributed by atoms with E-state index in [-0.39, 0.29) is 0 Å². The molecule has 0 saturated carbocycles. The van der Waals surface area contributed by atoms with Crippen molar-refractivity contribution in [3.63, 3.8) is 0 Å². The van der Waals surface area contributed by atoms with Crippen LogP contribution >= 0.6 is 0 Å². The van der Waals surface area contributed by atoms with Gasteiger partial charge in [-0.3, -0.25) is 0 Å². The Morgan fingerprint density at radius 2 is 0.882 bits per heavy atom. The summed E-state index contributed by atoms with van der Waals surface area (Å²) in [6.45, 7) is 0. The lowest BCUT2D eigenvalue weighted by Gasteiger charge is -2.29. The van der Waals surface area contributed by atoms with Gasteiger partial charge in [-0.15, -0.1) is 0 Å². The van der Waals surface area contributed by atoms with Crippen LogP contribution < -0.4 is 19.6 Å². The lowest BCUT2D eigenvalue weighted by molar-refractivity contribution is 0.221. The van der Waals surface area contributed by atoms with Crippen LogP contribution in [-0.2, 0) is 0 Å². The van der Waals surface area contributed by atoms with Crippen molar-refractivity contribution in [3.8, 4) is 0 Å². The molecule has 5 nitrogen and oxygen atoms in total. The second kappa shape index (κ2) is 9.07. The zero-order chi connectivity index (χ0) is 24.7. The Labute approximate surface area is 203 Å². The van der Waals surface area contributed by atoms with Crippen LogP contribution in [0.5, 0.6) is 0 Å². The summed E-state index contributed by atoms with van der Waals surface area (Å²) in [6, 6.07) is 21.1. The second-order valence-electron chi connectivity index (χ2n) is 9.74. The maximum Gasteiger partial charge on any atom is 0.108 e. The molecule has 0 heterocycles. The summed E-state index contributed by atoms with van der Waals surface area (Å²) >= 11 is 0. The standard InChI is InChI=1S/C29H36N4O/c1-30(2)23-13-9-11-19-15-17-21(27(25(19)23)32(5)6)29(34)22-18-16-20-12-10-14-24(31(3)4)26(20)28(22)33(7)8/h9-18,29,34H,1-8H3. The van der Waals surface area contributed by atoms with Gasteiger partial charge in [0.25, 0.3) is 0 Å². The van der Waals surface area contributed by atoms with Crippen LogP contribution in [0.3, 0.4) is 0 Å². The van der Waals surface area contributed by atoms with E-state index in [1.807, 2.05) is 0 Å². The Kier molecular flexibility index (Phi) is 6.32. The van der Waals surface area contributed by atoms with Crippen LogP contribution in [0.4, 0.5) is 22.7 Å². The molecule has 0 aromatic heterocycles. The Morgan fingerprint density at radius 3 is 1.21 bits per heavy atom. The molecule has 4 aromatic rings. The van der Waals surface area contributed by atoms with Crippen molar-refractivity contribution in [1.82, 2.24) is 0 Å². The number of benzene rings is 4. The van der Waals surface area contributed by atoms with E-state index in [9.17, 15) is 5.11 Å². The molecule has 178 valence electrons. The van der Waals surface area contributed by atoms with Crippen LogP contribution in [0, 0.1) is 0 Å². The van der Waals surface area contributed by atoms with E-state index in [0.29, 0.717) is 0 Å². The topological polar surface area (TPSA) is 33.2 Å². The summed E-state index contributed by atoms with van der Waals surface area (Å²) in [5, 5.41) is 16.6. The minimum absolute atomic E-state index is 0.783. The van der Waals surface area contributed by atoms with Gasteiger partial charge in [0.2, 0.25) is 0 Å². The van der Waals surface area contributed by atoms with Gasteiger partial charge in [-0.1, -0.05) is 48.5 Å². The Hall–Kier alpha value is -3.44. The summed E-state index contributed by atoms with van der Waals surface area (Å²) in [4.78, 5) is 8.51. The first-order chi connectivity index (χ1) is 16.1. The van der Waals surface area contributed by atoms with Gasteiger partial charge in [0, 0.05) is 89.7 Å². The van der Waals surface area contributed by atoms with E-state index >= 15 is 0 Å². The zero-order valence-electron chi connectivity index (χ0n) is 21.6. The highest BCUT2D eigenvalue weighted by Gasteiger charge is 2.25. The average Bonchev–Trinajstić information content (AvgIpc) is 2.80. The molecular weight excluding hydrogens is 420 g/mol. The van der Waals surface area contributed by atoms with Gasteiger partial charge in [0.15, 0.2) is 0 Å². The first kappa shape index (κ1) is 23.7. The predicted molar refractivity (Wildman–Crippen MR) is 149 cm³/mol. The summed E-state index contributed by atoms with van der Waals surface area (Å²) in [5.74, 6) is 0. The highest BCUT2D eigenvalue weighted by molar-refractivity contribution is 6.07. The van der Waals surface area contributed by atoms with Gasteiger partial charge in [-0.05, 0) is 22.9 Å². The fourth-order valence-electron chi connectivity index (χ4n) is 5.03. The first-order valence-corrected chi connectivity index (χ1v) is 11.6. The number of nitrogens with zero attached hydrogens (tertiary/aromatic N) is 4. The number of anilines is 4. The summed E-state index contributed by atoms with van der Waals surface area (Å²) in [6.07, 6.45) is -0.783. The highest BCUT2D eigenvalue weighted by Crippen LogP contribution is 2.44. The molecule has 4 aromatic carbocycles. The molecule has 0 aliphatic carbocycles. The third kappa shape index (κ3) is 3.90. The van der Waals surface area contributed by atoms with Gasteiger partial charge >= 0.3 is 0 Å². The van der Waals surface area contributed by atoms with Crippen molar-refractivity contribution < 1.29 is 5.11 Å². The SMILES string of the molecule is CN(C)c1cccc2ccc(C(O)c3ccc4cccc(N(C)C)c4c3N(C)C)c(N(C)C)c12. The molecule has 0 radical (unpaired) electrons. The van der Waals surface area contributed by atoms with E-state index in [0.717, 1.165) is 55.4 Å². The number of fused-ring (bicyclic) bond motifs is 2. The fourth-order valence-corrected chi connectivity index (χ4v) is 5.03. The normalized spacial score (nSPS) is 11.4. The van der Waals surface area contributed by atoms with Gasteiger partial charge in [-0.2, -0.15) is 0 Å². The minimum atomic E-state index is -0.783. The van der Waals surface area contributed by atoms with Crippen LogP contribution in [0.2, 0.25) is 0 Å². The van der Waals surface area contributed by atoms with E-state index in [1.54, 1.807) is 0 Å². The van der Waals surface area contributed by atoms with Crippen LogP contribution in [0.1, 0.15) is 17.2 Å². The van der Waals surface area contributed by atoms with E-state index in [1.165, 1.54) is 0 Å². The maximum absolute atomic E-state index is 11.9. The Balaban J connectivity index is 2.04. The highest BCUT2D eigenvalue weighted by atomic mass is 16.3. The molecule has 0 aliphatic rings. The van der Waals surface area contributed by atoms with Gasteiger partial charge in [0.1, 0.15) is 6.10 Å². The largest absolute Gasteiger partial charge is 0.383 e. The summed E-state index contributed by atoms with van der Waals surface area (Å²) in [5.41, 5.74) is 6.15. The smallest absolute Gasteiger partial charge is 0.108 e. The van der Waals surface area contributed by atoms with Crippen molar-refractivity contribution in [2.75, 3.05) is 76.0 Å². The lowest BCUT2D eigenvalue weighted by Crippen LogP contribution is -2.19. The van der Waals surface area contributed by atoms with Crippen LogP contribution in [-0.4, -0.2) is 61.5 Å². The molecule has 34 heavy (non-hydrogen) atoms. The molecule has 4 rings (SSSR count). The van der Waals surface area contributed by atoms with Crippen molar-refractivity contribution in [2.45, 2.75) is 6.10 Å². The van der Waals surface area contributed by atoms with Crippen molar-refractivity contribution in [2.24, 2.45) is 0 Å². The van der Waals surface area contributed by atoms with E-state index < -0.39 is 6.10 Å². The molecule has 0 aliphatic heterocycles. The molecule has 0 saturated heterocycles. The predicted octanol–water partition coefficient (Wildman–Crippen LogP) is 5.34. The molecule has 0 unspecified atom stereocenters. The Morgan fingerprint density at radius 1 is 0.500 bits per heavy atom. The number of rotatable bonds is 6. The van der Waals surface area contributed by atoms with E-state index in [4.69, 9.17) is 0 Å². The minimum Gasteiger partial charge on any atom is -0.383 e. The van der Waals surface area contributed by atoms with E-state index in [2.05, 4.69) is 137 Å². The summed E-state index contributed by atoms with van der Waals surface area (Å²) < 4.78 is 0. The first-order valence-electron chi connectivity index (χ1n) is 11.6. The third-order valence-corrected chi connectivity index (χ3v) is 6.50. The number of aliphatic hydroxyl groups is 1. The van der Waals surface area contributed by atoms with Gasteiger partial charge in [0.05, 0.1) is 11.4 Å². The zero-order valence-corrected chi connectivity index (χ0v) is 21.6. The van der Waals surface area contributed by atoms with Crippen molar-refractivity contribution in [3.05, 3.63) is 71.8 Å². The average molecular weight is 457 g/mol. The number of hydrogen-bond donors (Lipinski definition) is 1. The van der Waals surface area contributed by atoms with Gasteiger partial charge < -0.3 is 24.7 Å². The monoisotopic (exact) mass is 456 g/mol. The fraction of sp³-hybridized carbons (Fsp3) is 0.310. The molecule has 0 atom stereocenters. The molecular formula is C29H36N4O. The molecule has 0 bridgehead atoms. The Bertz CT molecular complexity index is 1240. The van der Waals surface area contributed by atoms with Crippen molar-refractivity contribution >= 4 is 44.3 Å². The van der Waals surface area contributed by atoms with Crippen LogP contribution in [0.25, 0.3) is 21.5 Å². The lowest BCUT2D eigenvalue weighted by atomic mass is 9.91. The second-order valence-corrected chi connectivity index (χ2v) is 9.74. The van der Waals surface area contributed by atoms with Gasteiger partial charge in [-0.25, -0.2) is 0 Å². The molecule has 0 spiro atoms. The maximum atomic E-state index is 11.9. The molecule has 5 heteroatoms. The molecule has 0 amide bonds. The summed E-state index contributed by atoms with van der Waals surface area (Å²) in [7, 11) is 16.5. The third-order valence-electron chi connectivity index (χ3n) is 6.50. The molecule has 0 fully saturated rings. The molecule has 1 N–H and O–H groups in total. The van der Waals surface area contributed by atoms with Crippen LogP contribution in [0.15, 0.2) is 60.7 Å². The van der Waals surface area contributed by atoms with Crippen molar-refractivity contribution in [1.29, 1.82) is 0 Å². The number of aliphatic hydroxyl groups excluding tert-OH is 1. The quantitative estimate of drug-likeness (QED) is 0.424.